The Labute approximate surface area is 164 Å². The second kappa shape index (κ2) is 7.90. The average molecular weight is 405 g/mol. The Bertz CT molecular complexity index is 1120. The Morgan fingerprint density at radius 1 is 1.17 bits per heavy atom. The monoisotopic (exact) mass is 405 g/mol. The van der Waals surface area contributed by atoms with Crippen LogP contribution in [0.15, 0.2) is 52.4 Å². The number of hydrogen-bond acceptors (Lipinski definition) is 5. The van der Waals surface area contributed by atoms with E-state index in [0.29, 0.717) is 22.5 Å². The normalized spacial score (nSPS) is 12.3. The van der Waals surface area contributed by atoms with Gasteiger partial charge in [0.25, 0.3) is 0 Å². The largest absolute Gasteiger partial charge is 0.416 e. The van der Waals surface area contributed by atoms with E-state index in [4.69, 9.17) is 4.84 Å². The Balaban J connectivity index is 1.84. The molecule has 0 spiro atoms. The Morgan fingerprint density at radius 2 is 1.90 bits per heavy atom. The van der Waals surface area contributed by atoms with E-state index < -0.39 is 17.4 Å². The lowest BCUT2D eigenvalue weighted by Gasteiger charge is -2.11. The number of halogens is 3. The highest BCUT2D eigenvalue weighted by molar-refractivity contribution is 5.98. The molecule has 0 bridgehead atoms. The molecule has 0 N–H and O–H groups in total. The zero-order valence-electron chi connectivity index (χ0n) is 15.9. The van der Waals surface area contributed by atoms with Crippen LogP contribution in [0.1, 0.15) is 29.2 Å². The van der Waals surface area contributed by atoms with E-state index in [2.05, 4.69) is 15.6 Å². The molecule has 0 fully saturated rings. The number of oxime groups is 1. The van der Waals surface area contributed by atoms with Gasteiger partial charge in [-0.1, -0.05) is 29.4 Å². The van der Waals surface area contributed by atoms with E-state index in [-0.39, 0.29) is 6.61 Å². The van der Waals surface area contributed by atoms with Crippen molar-refractivity contribution in [2.75, 3.05) is 0 Å². The molecule has 0 radical (unpaired) electrons. The highest BCUT2D eigenvalue weighted by atomic mass is 19.4. The quantitative estimate of drug-likeness (QED) is 0.483. The number of tetrazole rings is 1. The van der Waals surface area contributed by atoms with Gasteiger partial charge in [-0.3, -0.25) is 0 Å². The summed E-state index contributed by atoms with van der Waals surface area (Å²) >= 11 is 0. The van der Waals surface area contributed by atoms with E-state index in [1.165, 1.54) is 19.2 Å². The predicted octanol–water partition coefficient (Wildman–Crippen LogP) is 3.23. The maximum atomic E-state index is 12.9. The van der Waals surface area contributed by atoms with Crippen molar-refractivity contribution in [2.24, 2.45) is 12.2 Å². The van der Waals surface area contributed by atoms with Crippen molar-refractivity contribution < 1.29 is 18.0 Å². The van der Waals surface area contributed by atoms with Gasteiger partial charge in [0.05, 0.1) is 17.0 Å². The molecule has 0 saturated carbocycles. The van der Waals surface area contributed by atoms with Crippen molar-refractivity contribution in [3.63, 3.8) is 0 Å². The maximum Gasteiger partial charge on any atom is 0.416 e. The predicted molar refractivity (Wildman–Crippen MR) is 99.8 cm³/mol. The average Bonchev–Trinajstić information content (AvgIpc) is 3.01. The van der Waals surface area contributed by atoms with E-state index in [9.17, 15) is 18.0 Å². The summed E-state index contributed by atoms with van der Waals surface area (Å²) in [6, 6.07) is 10.2. The minimum absolute atomic E-state index is 0.00131. The molecule has 0 aliphatic heterocycles. The fourth-order valence-electron chi connectivity index (χ4n) is 2.70. The van der Waals surface area contributed by atoms with Crippen LogP contribution in [0.2, 0.25) is 0 Å². The van der Waals surface area contributed by atoms with Crippen LogP contribution in [0.5, 0.6) is 0 Å². The highest BCUT2D eigenvalue weighted by Crippen LogP contribution is 2.29. The molecule has 10 heteroatoms. The van der Waals surface area contributed by atoms with Gasteiger partial charge in [-0.15, -0.1) is 0 Å². The molecular weight excluding hydrogens is 387 g/mol. The third kappa shape index (κ3) is 4.36. The number of benzene rings is 2. The maximum absolute atomic E-state index is 12.9. The van der Waals surface area contributed by atoms with Gasteiger partial charge in [0.2, 0.25) is 0 Å². The first-order valence-electron chi connectivity index (χ1n) is 8.60. The van der Waals surface area contributed by atoms with Gasteiger partial charge >= 0.3 is 11.9 Å². The SMILES string of the molecule is CC(=NOCc1c(C)cccc1-n1nnn(C)c1=O)c1cccc(C(F)(F)F)c1. The van der Waals surface area contributed by atoms with Crippen molar-refractivity contribution in [3.05, 3.63) is 75.2 Å². The number of aryl methyl sites for hydroxylation is 2. The second-order valence-corrected chi connectivity index (χ2v) is 6.40. The lowest BCUT2D eigenvalue weighted by Crippen LogP contribution is -2.23. The van der Waals surface area contributed by atoms with Crippen molar-refractivity contribution in [1.29, 1.82) is 0 Å². The molecule has 29 heavy (non-hydrogen) atoms. The van der Waals surface area contributed by atoms with Gasteiger partial charge < -0.3 is 4.84 Å². The number of rotatable bonds is 5. The van der Waals surface area contributed by atoms with Gasteiger partial charge in [-0.25, -0.2) is 4.79 Å². The molecule has 152 valence electrons. The summed E-state index contributed by atoms with van der Waals surface area (Å²) in [4.78, 5) is 17.5. The number of aromatic nitrogens is 4. The zero-order valence-corrected chi connectivity index (χ0v) is 15.9. The molecule has 2 aromatic carbocycles. The minimum atomic E-state index is -4.43. The van der Waals surface area contributed by atoms with E-state index in [1.807, 2.05) is 13.0 Å². The molecule has 0 atom stereocenters. The van der Waals surface area contributed by atoms with Crippen molar-refractivity contribution in [1.82, 2.24) is 19.8 Å². The lowest BCUT2D eigenvalue weighted by molar-refractivity contribution is -0.137. The smallest absolute Gasteiger partial charge is 0.391 e. The van der Waals surface area contributed by atoms with Crippen molar-refractivity contribution in [2.45, 2.75) is 26.6 Å². The fraction of sp³-hybridized carbons (Fsp3) is 0.263. The molecule has 7 nitrogen and oxygen atoms in total. The Kier molecular flexibility index (Phi) is 5.53. The zero-order chi connectivity index (χ0) is 21.2. The third-order valence-electron chi connectivity index (χ3n) is 4.35. The van der Waals surface area contributed by atoms with Crippen LogP contribution < -0.4 is 5.69 Å². The molecule has 1 heterocycles. The van der Waals surface area contributed by atoms with Gasteiger partial charge in [-0.05, 0) is 53.6 Å². The van der Waals surface area contributed by atoms with Gasteiger partial charge in [0.1, 0.15) is 6.61 Å². The molecule has 3 rings (SSSR count). The molecule has 0 aliphatic carbocycles. The Hall–Kier alpha value is -3.43. The first-order chi connectivity index (χ1) is 13.7. The number of alkyl halides is 3. The van der Waals surface area contributed by atoms with Crippen LogP contribution >= 0.6 is 0 Å². The first-order valence-corrected chi connectivity index (χ1v) is 8.60. The summed E-state index contributed by atoms with van der Waals surface area (Å²) in [5.41, 5.74) is 1.42. The van der Waals surface area contributed by atoms with E-state index in [0.717, 1.165) is 27.1 Å². The summed E-state index contributed by atoms with van der Waals surface area (Å²) in [6.45, 7) is 3.40. The van der Waals surface area contributed by atoms with Crippen molar-refractivity contribution in [3.8, 4) is 5.69 Å². The summed E-state index contributed by atoms with van der Waals surface area (Å²) in [5, 5.41) is 11.5. The van der Waals surface area contributed by atoms with Crippen LogP contribution in [0.3, 0.4) is 0 Å². The molecule has 0 aliphatic rings. The van der Waals surface area contributed by atoms with Crippen LogP contribution in [0.25, 0.3) is 5.69 Å². The molecule has 1 aromatic heterocycles. The number of nitrogens with zero attached hydrogens (tertiary/aromatic N) is 5. The van der Waals surface area contributed by atoms with Crippen LogP contribution in [-0.4, -0.2) is 25.5 Å². The van der Waals surface area contributed by atoms with Gasteiger partial charge in [-0.2, -0.15) is 22.5 Å². The van der Waals surface area contributed by atoms with Crippen LogP contribution in [-0.2, 0) is 24.7 Å². The lowest BCUT2D eigenvalue weighted by atomic mass is 10.1. The standard InChI is InChI=1S/C19H18F3N5O2/c1-12-6-4-9-17(27-18(28)26(3)24-25-27)16(12)11-29-23-13(2)14-7-5-8-15(10-14)19(20,21)22/h4-10H,11H2,1-3H3. The van der Waals surface area contributed by atoms with Crippen LogP contribution in [0.4, 0.5) is 13.2 Å². The highest BCUT2D eigenvalue weighted by Gasteiger charge is 2.30. The number of hydrogen-bond donors (Lipinski definition) is 0. The first kappa shape index (κ1) is 20.3. The molecule has 3 aromatic rings. The summed E-state index contributed by atoms with van der Waals surface area (Å²) in [6.07, 6.45) is -4.43. The van der Waals surface area contributed by atoms with E-state index in [1.54, 1.807) is 19.1 Å². The summed E-state index contributed by atoms with van der Waals surface area (Å²) in [5.74, 6) is 0. The molecular formula is C19H18F3N5O2. The molecule has 0 saturated heterocycles. The third-order valence-corrected chi connectivity index (χ3v) is 4.35. The second-order valence-electron chi connectivity index (χ2n) is 6.40. The Morgan fingerprint density at radius 3 is 2.55 bits per heavy atom. The summed E-state index contributed by atoms with van der Waals surface area (Å²) in [7, 11) is 1.49. The van der Waals surface area contributed by atoms with Gasteiger partial charge in [0, 0.05) is 12.6 Å². The molecule has 0 unspecified atom stereocenters. The van der Waals surface area contributed by atoms with E-state index >= 15 is 0 Å². The van der Waals surface area contributed by atoms with Crippen molar-refractivity contribution >= 4 is 5.71 Å². The summed E-state index contributed by atoms with van der Waals surface area (Å²) < 4.78 is 40.9. The molecule has 0 amide bonds. The minimum Gasteiger partial charge on any atom is -0.391 e. The van der Waals surface area contributed by atoms with Gasteiger partial charge in [0.15, 0.2) is 0 Å². The van der Waals surface area contributed by atoms with Crippen LogP contribution in [0, 0.1) is 6.92 Å². The fourth-order valence-corrected chi connectivity index (χ4v) is 2.70. The topological polar surface area (TPSA) is 74.3 Å².